The molecular weight excluding hydrogens is 626 g/mol. The molecule has 0 saturated carbocycles. The van der Waals surface area contributed by atoms with Crippen LogP contribution in [0.15, 0.2) is 82.2 Å². The van der Waals surface area contributed by atoms with Crippen LogP contribution < -0.4 is 33.8 Å². The molecule has 13 heteroatoms. The van der Waals surface area contributed by atoms with Crippen LogP contribution in [-0.4, -0.2) is 42.4 Å². The van der Waals surface area contributed by atoms with Crippen LogP contribution >= 0.6 is 11.3 Å². The SMILES string of the molecule is CCOc1ccc([C@@H]2C(C(=O)OC)=CN=c3s/c(=C\c4ccc(OCc5ccc([N+](=O)[O-])cc5)c(OCC)c4)c(=O)n32)cc1OCC. The van der Waals surface area contributed by atoms with Crippen molar-refractivity contribution in [3.05, 3.63) is 119 Å². The maximum atomic E-state index is 14.0. The highest BCUT2D eigenvalue weighted by molar-refractivity contribution is 7.07. The number of hydrogen-bond acceptors (Lipinski definition) is 11. The van der Waals surface area contributed by atoms with Crippen molar-refractivity contribution in [2.75, 3.05) is 26.9 Å². The number of ether oxygens (including phenoxy) is 5. The van der Waals surface area contributed by atoms with Crippen LogP contribution in [0.3, 0.4) is 0 Å². The highest BCUT2D eigenvalue weighted by atomic mass is 32.1. The van der Waals surface area contributed by atoms with Crippen molar-refractivity contribution in [3.63, 3.8) is 0 Å². The van der Waals surface area contributed by atoms with Gasteiger partial charge < -0.3 is 23.7 Å². The Hall–Kier alpha value is -5.43. The minimum absolute atomic E-state index is 0.000898. The number of methoxy groups -OCH3 is 1. The molecule has 0 fully saturated rings. The second-order valence-corrected chi connectivity index (χ2v) is 11.1. The summed E-state index contributed by atoms with van der Waals surface area (Å²) in [5.74, 6) is 1.39. The monoisotopic (exact) mass is 659 g/mol. The van der Waals surface area contributed by atoms with Crippen molar-refractivity contribution in [1.29, 1.82) is 0 Å². The van der Waals surface area contributed by atoms with E-state index in [2.05, 4.69) is 4.99 Å². The summed E-state index contributed by atoms with van der Waals surface area (Å²) in [4.78, 5) is 42.2. The predicted molar refractivity (Wildman–Crippen MR) is 175 cm³/mol. The topological polar surface area (TPSA) is 141 Å². The molecule has 1 atom stereocenters. The van der Waals surface area contributed by atoms with E-state index in [9.17, 15) is 19.7 Å². The summed E-state index contributed by atoms with van der Waals surface area (Å²) >= 11 is 1.19. The van der Waals surface area contributed by atoms with Crippen LogP contribution in [0.5, 0.6) is 23.0 Å². The van der Waals surface area contributed by atoms with Crippen molar-refractivity contribution in [2.24, 2.45) is 4.99 Å². The zero-order valence-electron chi connectivity index (χ0n) is 26.3. The smallest absolute Gasteiger partial charge is 0.337 e. The molecule has 0 bridgehead atoms. The van der Waals surface area contributed by atoms with Crippen LogP contribution in [0.2, 0.25) is 0 Å². The molecule has 47 heavy (non-hydrogen) atoms. The van der Waals surface area contributed by atoms with Gasteiger partial charge in [-0.25, -0.2) is 9.79 Å². The Morgan fingerprint density at radius 3 is 2.21 bits per heavy atom. The van der Waals surface area contributed by atoms with Crippen LogP contribution in [-0.2, 0) is 16.1 Å². The first-order valence-corrected chi connectivity index (χ1v) is 15.7. The molecule has 0 saturated heterocycles. The first kappa shape index (κ1) is 32.9. The molecule has 0 N–H and O–H groups in total. The molecule has 5 rings (SSSR count). The summed E-state index contributed by atoms with van der Waals surface area (Å²) in [6.45, 7) is 6.98. The summed E-state index contributed by atoms with van der Waals surface area (Å²) in [6.07, 6.45) is 3.17. The highest BCUT2D eigenvalue weighted by Crippen LogP contribution is 2.35. The lowest BCUT2D eigenvalue weighted by atomic mass is 9.97. The number of esters is 1. The summed E-state index contributed by atoms with van der Waals surface area (Å²) in [5.41, 5.74) is 1.93. The molecule has 1 aliphatic heterocycles. The molecule has 244 valence electrons. The molecule has 1 aromatic heterocycles. The van der Waals surface area contributed by atoms with Gasteiger partial charge in [-0.1, -0.05) is 23.5 Å². The number of fused-ring (bicyclic) bond motifs is 1. The average molecular weight is 660 g/mol. The van der Waals surface area contributed by atoms with Gasteiger partial charge in [-0.2, -0.15) is 0 Å². The quantitative estimate of drug-likeness (QED) is 0.113. The van der Waals surface area contributed by atoms with Gasteiger partial charge in [0.2, 0.25) is 0 Å². The third kappa shape index (κ3) is 7.20. The van der Waals surface area contributed by atoms with Crippen molar-refractivity contribution in [2.45, 2.75) is 33.4 Å². The summed E-state index contributed by atoms with van der Waals surface area (Å²) < 4.78 is 30.3. The third-order valence-electron chi connectivity index (χ3n) is 7.11. The fourth-order valence-corrected chi connectivity index (χ4v) is 5.99. The Morgan fingerprint density at radius 2 is 1.55 bits per heavy atom. The Morgan fingerprint density at radius 1 is 0.915 bits per heavy atom. The van der Waals surface area contributed by atoms with Gasteiger partial charge in [0.1, 0.15) is 6.61 Å². The number of rotatable bonds is 13. The number of nitro benzene ring substituents is 1. The molecule has 0 spiro atoms. The number of hydrogen-bond donors (Lipinski definition) is 0. The summed E-state index contributed by atoms with van der Waals surface area (Å²) in [7, 11) is 1.28. The molecule has 4 aromatic rings. The largest absolute Gasteiger partial charge is 0.490 e. The number of nitrogens with zero attached hydrogens (tertiary/aromatic N) is 3. The molecule has 3 aromatic carbocycles. The molecule has 12 nitrogen and oxygen atoms in total. The van der Waals surface area contributed by atoms with Crippen molar-refractivity contribution in [1.82, 2.24) is 4.57 Å². The minimum Gasteiger partial charge on any atom is -0.490 e. The second kappa shape index (κ2) is 14.8. The normalized spacial score (nSPS) is 14.0. The lowest BCUT2D eigenvalue weighted by Crippen LogP contribution is -2.39. The highest BCUT2D eigenvalue weighted by Gasteiger charge is 2.31. The zero-order valence-corrected chi connectivity index (χ0v) is 27.1. The first-order valence-electron chi connectivity index (χ1n) is 14.9. The van der Waals surface area contributed by atoms with Gasteiger partial charge in [0.05, 0.1) is 48.0 Å². The molecule has 1 aliphatic rings. The Bertz CT molecular complexity index is 2000. The van der Waals surface area contributed by atoms with Crippen molar-refractivity contribution < 1.29 is 33.4 Å². The standard InChI is InChI=1S/C34H33N3O9S/c1-5-43-26-15-11-23(18-29(26)45-7-3)31-25(33(39)42-4)19-35-34-36(31)32(38)30(47-34)17-22-10-14-27(28(16-22)44-6-2)46-20-21-8-12-24(13-9-21)37(40)41/h8-19,31H,5-7,20H2,1-4H3/b30-17-/t31-/m1/s1. The second-order valence-electron chi connectivity index (χ2n) is 10.1. The van der Waals surface area contributed by atoms with Crippen LogP contribution in [0.25, 0.3) is 6.08 Å². The molecule has 0 unspecified atom stereocenters. The lowest BCUT2D eigenvalue weighted by Gasteiger charge is -2.23. The molecule has 2 heterocycles. The molecule has 0 radical (unpaired) electrons. The van der Waals surface area contributed by atoms with Crippen LogP contribution in [0, 0.1) is 10.1 Å². The van der Waals surface area contributed by atoms with Gasteiger partial charge in [0.15, 0.2) is 27.8 Å². The molecular formula is C34H33N3O9S. The van der Waals surface area contributed by atoms with E-state index >= 15 is 0 Å². The average Bonchev–Trinajstić information content (AvgIpc) is 3.39. The van der Waals surface area contributed by atoms with Gasteiger partial charge in [0.25, 0.3) is 11.2 Å². The first-order chi connectivity index (χ1) is 22.8. The number of carbonyl (C=O) groups is 1. The van der Waals surface area contributed by atoms with E-state index in [0.29, 0.717) is 63.3 Å². The van der Waals surface area contributed by atoms with Gasteiger partial charge in [-0.3, -0.25) is 19.5 Å². The Kier molecular flexibility index (Phi) is 10.4. The van der Waals surface area contributed by atoms with Crippen LogP contribution in [0.4, 0.5) is 5.69 Å². The van der Waals surface area contributed by atoms with E-state index in [0.717, 1.165) is 5.56 Å². The van der Waals surface area contributed by atoms with E-state index in [1.54, 1.807) is 54.6 Å². The number of non-ortho nitro benzene ring substituents is 1. The van der Waals surface area contributed by atoms with Crippen LogP contribution in [0.1, 0.15) is 43.5 Å². The summed E-state index contributed by atoms with van der Waals surface area (Å²) in [5, 5.41) is 10.9. The number of aromatic nitrogens is 1. The third-order valence-corrected chi connectivity index (χ3v) is 8.11. The van der Waals surface area contributed by atoms with Crippen molar-refractivity contribution >= 4 is 29.1 Å². The number of thiazole rings is 1. The van der Waals surface area contributed by atoms with Gasteiger partial charge >= 0.3 is 5.97 Å². The number of nitro groups is 1. The van der Waals surface area contributed by atoms with E-state index in [-0.39, 0.29) is 23.4 Å². The van der Waals surface area contributed by atoms with E-state index in [4.69, 9.17) is 23.7 Å². The zero-order chi connectivity index (χ0) is 33.5. The molecule has 0 aliphatic carbocycles. The summed E-state index contributed by atoms with van der Waals surface area (Å²) in [6, 6.07) is 15.9. The van der Waals surface area contributed by atoms with Gasteiger partial charge in [0, 0.05) is 18.3 Å². The molecule has 0 amide bonds. The van der Waals surface area contributed by atoms with E-state index < -0.39 is 16.9 Å². The van der Waals surface area contributed by atoms with E-state index in [1.807, 2.05) is 20.8 Å². The fraction of sp³-hybridized carbons (Fsp3) is 0.265. The maximum absolute atomic E-state index is 14.0. The van der Waals surface area contributed by atoms with Gasteiger partial charge in [-0.05, 0) is 79.9 Å². The van der Waals surface area contributed by atoms with E-state index in [1.165, 1.54) is 41.3 Å². The van der Waals surface area contributed by atoms with Crippen molar-refractivity contribution in [3.8, 4) is 23.0 Å². The number of carbonyl (C=O) groups excluding carboxylic acids is 1. The Balaban J connectivity index is 1.51. The minimum atomic E-state index is -0.815. The maximum Gasteiger partial charge on any atom is 0.337 e. The lowest BCUT2D eigenvalue weighted by molar-refractivity contribution is -0.384. The Labute approximate surface area is 273 Å². The fourth-order valence-electron chi connectivity index (χ4n) is 5.02. The predicted octanol–water partition coefficient (Wildman–Crippen LogP) is 4.70. The van der Waals surface area contributed by atoms with Gasteiger partial charge in [-0.15, -0.1) is 0 Å². The number of benzene rings is 3.